The largest absolute Gasteiger partial charge is 0.490 e. The Morgan fingerprint density at radius 2 is 0.729 bits per heavy atom. The number of unbranched alkanes of at least 4 members (excludes halogenated alkanes) is 10. The van der Waals surface area contributed by atoms with Crippen molar-refractivity contribution in [1.82, 2.24) is 0 Å². The summed E-state index contributed by atoms with van der Waals surface area (Å²) in [4.78, 5) is 0. The van der Waals surface area contributed by atoms with Crippen molar-refractivity contribution in [2.75, 3.05) is 13.2 Å². The van der Waals surface area contributed by atoms with Gasteiger partial charge in [0.2, 0.25) is 11.6 Å². The third-order valence-electron chi connectivity index (χ3n) is 13.6. The maximum Gasteiger partial charge on any atom is 0.201 e. The first-order valence-corrected chi connectivity index (χ1v) is 26.1. The third-order valence-corrected chi connectivity index (χ3v) is 13.6. The number of rotatable bonds is 30. The highest BCUT2D eigenvalue weighted by molar-refractivity contribution is 5.73. The van der Waals surface area contributed by atoms with Gasteiger partial charge in [-0.3, -0.25) is 0 Å². The van der Waals surface area contributed by atoms with Crippen LogP contribution in [-0.4, -0.2) is 13.2 Å². The molecule has 0 radical (unpaired) electrons. The zero-order valence-corrected chi connectivity index (χ0v) is 41.6. The Balaban J connectivity index is 0.852. The Morgan fingerprint density at radius 3 is 1.11 bits per heavy atom. The molecular weight excluding hydrogens is 891 g/mol. The molecule has 70 heavy (non-hydrogen) atoms. The Labute approximate surface area is 413 Å². The van der Waals surface area contributed by atoms with Gasteiger partial charge < -0.3 is 9.47 Å². The molecule has 0 aliphatic carbocycles. The van der Waals surface area contributed by atoms with Crippen molar-refractivity contribution in [1.29, 1.82) is 0 Å². The predicted molar refractivity (Wildman–Crippen MR) is 276 cm³/mol. The number of hydrogen-bond acceptors (Lipinski definition) is 2. The van der Waals surface area contributed by atoms with Crippen LogP contribution in [0.3, 0.4) is 0 Å². The predicted octanol–water partition coefficient (Wildman–Crippen LogP) is 19.4. The molecule has 374 valence electrons. The molecule has 0 unspecified atom stereocenters. The van der Waals surface area contributed by atoms with Gasteiger partial charge in [0.25, 0.3) is 0 Å². The smallest absolute Gasteiger partial charge is 0.201 e. The molecule has 0 aliphatic rings. The first-order chi connectivity index (χ1) is 34.1. The molecular formula is C62H72F6O2. The summed E-state index contributed by atoms with van der Waals surface area (Å²) in [5, 5.41) is 0. The van der Waals surface area contributed by atoms with Crippen LogP contribution in [0.4, 0.5) is 26.3 Å². The van der Waals surface area contributed by atoms with Crippen molar-refractivity contribution >= 4 is 0 Å². The molecule has 0 atom stereocenters. The van der Waals surface area contributed by atoms with Crippen molar-refractivity contribution < 1.29 is 35.8 Å². The van der Waals surface area contributed by atoms with E-state index < -0.39 is 34.9 Å². The van der Waals surface area contributed by atoms with Crippen LogP contribution < -0.4 is 9.47 Å². The molecule has 8 heteroatoms. The molecule has 0 bridgehead atoms. The number of benzene rings is 6. The number of aryl methyl sites for hydroxylation is 2. The van der Waals surface area contributed by atoms with Crippen molar-refractivity contribution in [3.63, 3.8) is 0 Å². The van der Waals surface area contributed by atoms with Crippen LogP contribution in [0, 0.1) is 40.8 Å². The van der Waals surface area contributed by atoms with Gasteiger partial charge in [0.05, 0.1) is 13.2 Å². The number of ether oxygens (including phenoxy) is 2. The molecule has 0 fully saturated rings. The lowest BCUT2D eigenvalue weighted by Gasteiger charge is -2.16. The summed E-state index contributed by atoms with van der Waals surface area (Å²) in [6.45, 7) is 7.07. The average Bonchev–Trinajstić information content (AvgIpc) is 3.36. The third kappa shape index (κ3) is 15.5. The van der Waals surface area contributed by atoms with Gasteiger partial charge >= 0.3 is 0 Å². The second-order valence-corrected chi connectivity index (χ2v) is 18.9. The fourth-order valence-corrected chi connectivity index (χ4v) is 9.40. The summed E-state index contributed by atoms with van der Waals surface area (Å²) in [5.41, 5.74) is 5.26. The van der Waals surface area contributed by atoms with Crippen LogP contribution in [0.25, 0.3) is 44.5 Å². The van der Waals surface area contributed by atoms with E-state index in [1.54, 1.807) is 12.1 Å². The van der Waals surface area contributed by atoms with Crippen LogP contribution in [-0.2, 0) is 12.8 Å². The van der Waals surface area contributed by atoms with E-state index in [2.05, 4.69) is 45.0 Å². The zero-order chi connectivity index (χ0) is 49.7. The fraction of sp³-hybridized carbons (Fsp3) is 0.419. The van der Waals surface area contributed by atoms with Crippen LogP contribution in [0.2, 0.25) is 0 Å². The average molecular weight is 963 g/mol. The molecule has 0 N–H and O–H groups in total. The van der Waals surface area contributed by atoms with E-state index in [4.69, 9.17) is 9.47 Å². The monoisotopic (exact) mass is 963 g/mol. The summed E-state index contributed by atoms with van der Waals surface area (Å²) in [6, 6.07) is 30.8. The Kier molecular flexibility index (Phi) is 21.8. The van der Waals surface area contributed by atoms with Gasteiger partial charge in [-0.2, -0.15) is 8.78 Å². The van der Waals surface area contributed by atoms with E-state index in [9.17, 15) is 0 Å². The lowest BCUT2D eigenvalue weighted by atomic mass is 9.91. The van der Waals surface area contributed by atoms with Gasteiger partial charge in [-0.05, 0) is 114 Å². The Bertz CT molecular complexity index is 2340. The van der Waals surface area contributed by atoms with E-state index in [1.165, 1.54) is 72.5 Å². The molecule has 2 nitrogen and oxygen atoms in total. The maximum absolute atomic E-state index is 15.3. The van der Waals surface area contributed by atoms with Crippen molar-refractivity contribution in [2.45, 2.75) is 149 Å². The quantitative estimate of drug-likeness (QED) is 0.0331. The molecule has 0 saturated carbocycles. The summed E-state index contributed by atoms with van der Waals surface area (Å²) in [7, 11) is 0. The van der Waals surface area contributed by atoms with E-state index in [0.717, 1.165) is 114 Å². The maximum atomic E-state index is 15.3. The molecule has 6 rings (SSSR count). The first kappa shape index (κ1) is 53.8. The summed E-state index contributed by atoms with van der Waals surface area (Å²) < 4.78 is 103. The lowest BCUT2D eigenvalue weighted by molar-refractivity contribution is 0.282. The molecule has 0 heterocycles. The van der Waals surface area contributed by atoms with E-state index in [0.29, 0.717) is 29.9 Å². The summed E-state index contributed by atoms with van der Waals surface area (Å²) in [6.07, 6.45) is 20.9. The number of halogens is 6. The molecule has 0 amide bonds. The molecule has 0 aliphatic heterocycles. The van der Waals surface area contributed by atoms with Crippen LogP contribution in [0.1, 0.15) is 147 Å². The van der Waals surface area contributed by atoms with Crippen LogP contribution in [0.15, 0.2) is 109 Å². The normalized spacial score (nSPS) is 11.5. The Hall–Kier alpha value is -5.50. The minimum atomic E-state index is -1.13. The fourth-order valence-electron chi connectivity index (χ4n) is 9.40. The van der Waals surface area contributed by atoms with Crippen molar-refractivity contribution in [2.24, 2.45) is 5.92 Å². The van der Waals surface area contributed by atoms with Crippen LogP contribution >= 0.6 is 0 Å². The van der Waals surface area contributed by atoms with Crippen molar-refractivity contribution in [3.8, 4) is 56.0 Å². The standard InChI is InChI=1S/C62H72F6O2/c1-4-7-13-20-45-24-28-47(29-25-45)49-32-34-51(55(63)42-49)53-36-38-57(61(67)59(53)65)69-40-17-11-9-15-22-44(19-6-3)23-16-10-12-18-41-70-58-39-37-54(60(66)62(58)68)52-35-33-50(43-56(52)64)48-30-26-46(27-31-48)21-14-8-5-2/h24-39,42-44H,4-23,40-41H2,1-3H3. The molecule has 0 saturated heterocycles. The van der Waals surface area contributed by atoms with Gasteiger partial charge in [0.15, 0.2) is 23.1 Å². The lowest BCUT2D eigenvalue weighted by Crippen LogP contribution is -2.03. The second-order valence-electron chi connectivity index (χ2n) is 18.9. The van der Waals surface area contributed by atoms with Crippen molar-refractivity contribution in [3.05, 3.63) is 155 Å². The number of hydrogen-bond donors (Lipinski definition) is 0. The van der Waals surface area contributed by atoms with Gasteiger partial charge in [0, 0.05) is 22.3 Å². The highest BCUT2D eigenvalue weighted by Crippen LogP contribution is 2.36. The van der Waals surface area contributed by atoms with Gasteiger partial charge in [-0.1, -0.05) is 183 Å². The van der Waals surface area contributed by atoms with Gasteiger partial charge in [-0.25, -0.2) is 17.6 Å². The highest BCUT2D eigenvalue weighted by Gasteiger charge is 2.21. The molecule has 0 aromatic heterocycles. The molecule has 6 aromatic carbocycles. The first-order valence-electron chi connectivity index (χ1n) is 26.1. The highest BCUT2D eigenvalue weighted by atomic mass is 19.2. The SMILES string of the molecule is CCCCCc1ccc(-c2ccc(-c3ccc(OCCCCCCC(CCC)CCCCCCOc4ccc(-c5ccc(-c6ccc(CCCCC)cc6)cc5F)c(F)c4F)c(F)c3F)c(F)c2)cc1. The summed E-state index contributed by atoms with van der Waals surface area (Å²) >= 11 is 0. The Morgan fingerprint density at radius 1 is 0.343 bits per heavy atom. The topological polar surface area (TPSA) is 18.5 Å². The minimum Gasteiger partial charge on any atom is -0.490 e. The molecule has 6 aromatic rings. The van der Waals surface area contributed by atoms with Gasteiger partial charge in [0.1, 0.15) is 11.6 Å². The van der Waals surface area contributed by atoms with E-state index in [-0.39, 0.29) is 47.0 Å². The van der Waals surface area contributed by atoms with Gasteiger partial charge in [-0.15, -0.1) is 0 Å². The summed E-state index contributed by atoms with van der Waals surface area (Å²) in [5.74, 6) is -5.45. The van der Waals surface area contributed by atoms with E-state index >= 15 is 26.3 Å². The minimum absolute atomic E-state index is 0.00200. The van der Waals surface area contributed by atoms with E-state index in [1.807, 2.05) is 24.3 Å². The van der Waals surface area contributed by atoms with Crippen LogP contribution in [0.5, 0.6) is 11.5 Å². The zero-order valence-electron chi connectivity index (χ0n) is 41.6. The second kappa shape index (κ2) is 28.4. The molecule has 0 spiro atoms.